The first-order valence-electron chi connectivity index (χ1n) is 14.2. The van der Waals surface area contributed by atoms with Crippen LogP contribution in [0.1, 0.15) is 47.2 Å². The third-order valence-corrected chi connectivity index (χ3v) is 9.37. The van der Waals surface area contributed by atoms with Crippen molar-refractivity contribution >= 4 is 44.3 Å². The summed E-state index contributed by atoms with van der Waals surface area (Å²) in [6, 6.07) is 18.8. The largest absolute Gasteiger partial charge is 0.573 e. The molecule has 1 saturated carbocycles. The van der Waals surface area contributed by atoms with Crippen LogP contribution in [0.15, 0.2) is 77.3 Å². The van der Waals surface area contributed by atoms with Gasteiger partial charge in [-0.25, -0.2) is 4.98 Å². The van der Waals surface area contributed by atoms with Gasteiger partial charge in [0.15, 0.2) is 0 Å². The average molecular weight is 682 g/mol. The van der Waals surface area contributed by atoms with E-state index in [1.807, 2.05) is 55.5 Å². The number of carboxylic acids is 1. The van der Waals surface area contributed by atoms with Crippen LogP contribution in [0.25, 0.3) is 27.7 Å². The number of ether oxygens (including phenoxy) is 2. The number of amides is 1. The SMILES string of the molecule is COc1ccc(OC(F)(F)F)c(C2=CC3(C(=O)O)CCC2(NC(=O)c2c(C)c(-c4ccccc4)nc4ccc(Br)cc24)CC3)c1. The lowest BCUT2D eigenvalue weighted by molar-refractivity contribution is -0.274. The number of fused-ring (bicyclic) bond motifs is 3. The summed E-state index contributed by atoms with van der Waals surface area (Å²) in [4.78, 5) is 31.9. The number of alkyl halides is 3. The third-order valence-electron chi connectivity index (χ3n) is 8.88. The van der Waals surface area contributed by atoms with E-state index in [0.29, 0.717) is 27.7 Å². The molecule has 11 heteroatoms. The third kappa shape index (κ3) is 5.54. The highest BCUT2D eigenvalue weighted by Gasteiger charge is 2.54. The minimum absolute atomic E-state index is 0.000951. The van der Waals surface area contributed by atoms with Crippen molar-refractivity contribution in [1.82, 2.24) is 10.3 Å². The molecule has 0 atom stereocenters. The maximum atomic E-state index is 14.5. The summed E-state index contributed by atoms with van der Waals surface area (Å²) in [6.45, 7) is 1.81. The monoisotopic (exact) mass is 680 g/mol. The smallest absolute Gasteiger partial charge is 0.497 e. The Morgan fingerprint density at radius 3 is 2.36 bits per heavy atom. The number of nitrogens with zero attached hydrogens (tertiary/aromatic N) is 1. The Morgan fingerprint density at radius 2 is 1.71 bits per heavy atom. The maximum absolute atomic E-state index is 14.5. The number of benzene rings is 3. The molecule has 4 aromatic rings. The first kappa shape index (κ1) is 30.6. The molecular formula is C34H28BrF3N2O5. The lowest BCUT2D eigenvalue weighted by atomic mass is 9.57. The molecule has 0 aliphatic heterocycles. The molecule has 1 heterocycles. The molecule has 3 aliphatic carbocycles. The second kappa shape index (κ2) is 11.2. The van der Waals surface area contributed by atoms with E-state index in [9.17, 15) is 27.9 Å². The first-order valence-corrected chi connectivity index (χ1v) is 15.0. The number of halogens is 4. The van der Waals surface area contributed by atoms with E-state index in [1.165, 1.54) is 25.3 Å². The van der Waals surface area contributed by atoms with Gasteiger partial charge in [0.2, 0.25) is 0 Å². The Morgan fingerprint density at radius 1 is 1.00 bits per heavy atom. The van der Waals surface area contributed by atoms with Gasteiger partial charge in [-0.15, -0.1) is 13.2 Å². The molecule has 0 saturated heterocycles. The Bertz CT molecular complexity index is 1870. The number of rotatable bonds is 7. The molecular weight excluding hydrogens is 653 g/mol. The lowest BCUT2D eigenvalue weighted by Crippen LogP contribution is -2.57. The average Bonchev–Trinajstić information content (AvgIpc) is 3.01. The molecule has 7 rings (SSSR count). The van der Waals surface area contributed by atoms with Crippen molar-refractivity contribution in [1.29, 1.82) is 0 Å². The van der Waals surface area contributed by atoms with E-state index >= 15 is 0 Å². The van der Waals surface area contributed by atoms with E-state index in [2.05, 4.69) is 26.0 Å². The van der Waals surface area contributed by atoms with Crippen molar-refractivity contribution in [3.63, 3.8) is 0 Å². The summed E-state index contributed by atoms with van der Waals surface area (Å²) >= 11 is 3.50. The van der Waals surface area contributed by atoms with Gasteiger partial charge in [0.05, 0.1) is 34.8 Å². The lowest BCUT2D eigenvalue weighted by Gasteiger charge is -2.51. The van der Waals surface area contributed by atoms with Crippen LogP contribution in [-0.4, -0.2) is 41.0 Å². The molecule has 0 radical (unpaired) electrons. The zero-order chi connectivity index (χ0) is 32.1. The van der Waals surface area contributed by atoms with Crippen LogP contribution in [0.2, 0.25) is 0 Å². The molecule has 3 aromatic carbocycles. The van der Waals surface area contributed by atoms with Gasteiger partial charge in [-0.2, -0.15) is 0 Å². The zero-order valence-corrected chi connectivity index (χ0v) is 25.9. The Balaban J connectivity index is 1.53. The molecule has 1 aromatic heterocycles. The molecule has 3 aliphatic rings. The van der Waals surface area contributed by atoms with Gasteiger partial charge in [-0.3, -0.25) is 9.59 Å². The number of carbonyl (C=O) groups is 2. The van der Waals surface area contributed by atoms with E-state index in [0.717, 1.165) is 16.1 Å². The van der Waals surface area contributed by atoms with Crippen molar-refractivity contribution in [2.24, 2.45) is 5.41 Å². The number of aliphatic carboxylic acids is 1. The molecule has 7 nitrogen and oxygen atoms in total. The number of carbonyl (C=O) groups excluding carboxylic acids is 1. The molecule has 0 spiro atoms. The normalized spacial score (nSPS) is 20.9. The highest BCUT2D eigenvalue weighted by molar-refractivity contribution is 9.10. The fourth-order valence-corrected chi connectivity index (χ4v) is 6.96. The van der Waals surface area contributed by atoms with Gasteiger partial charge in [0, 0.05) is 21.0 Å². The topological polar surface area (TPSA) is 97.8 Å². The van der Waals surface area contributed by atoms with E-state index in [4.69, 9.17) is 9.72 Å². The van der Waals surface area contributed by atoms with Crippen molar-refractivity contribution in [3.8, 4) is 22.8 Å². The van der Waals surface area contributed by atoms with Crippen LogP contribution in [0.3, 0.4) is 0 Å². The van der Waals surface area contributed by atoms with Gasteiger partial charge in [-0.05, 0) is 80.1 Å². The van der Waals surface area contributed by atoms with Gasteiger partial charge in [-0.1, -0.05) is 52.3 Å². The molecule has 1 fully saturated rings. The molecule has 1 amide bonds. The molecule has 0 unspecified atom stereocenters. The van der Waals surface area contributed by atoms with E-state index in [1.54, 1.807) is 0 Å². The molecule has 2 bridgehead atoms. The van der Waals surface area contributed by atoms with E-state index < -0.39 is 34.9 Å². The van der Waals surface area contributed by atoms with Crippen molar-refractivity contribution in [2.45, 2.75) is 44.5 Å². The number of hydrogen-bond donors (Lipinski definition) is 2. The fraction of sp³-hybridized carbons (Fsp3) is 0.265. The molecule has 232 valence electrons. The number of methoxy groups -OCH3 is 1. The van der Waals surface area contributed by atoms with Crippen LogP contribution < -0.4 is 14.8 Å². The summed E-state index contributed by atoms with van der Waals surface area (Å²) in [5, 5.41) is 14.0. The maximum Gasteiger partial charge on any atom is 0.573 e. The summed E-state index contributed by atoms with van der Waals surface area (Å²) < 4.78 is 51.1. The zero-order valence-electron chi connectivity index (χ0n) is 24.3. The van der Waals surface area contributed by atoms with E-state index in [-0.39, 0.29) is 42.6 Å². The van der Waals surface area contributed by atoms with Crippen molar-refractivity contribution in [2.75, 3.05) is 7.11 Å². The van der Waals surface area contributed by atoms with Crippen LogP contribution >= 0.6 is 15.9 Å². The number of aromatic nitrogens is 1. The summed E-state index contributed by atoms with van der Waals surface area (Å²) in [6.07, 6.45) is -2.74. The molecule has 45 heavy (non-hydrogen) atoms. The second-order valence-electron chi connectivity index (χ2n) is 11.5. The highest BCUT2D eigenvalue weighted by atomic mass is 79.9. The minimum atomic E-state index is -5.01. The van der Waals surface area contributed by atoms with Crippen molar-refractivity contribution in [3.05, 3.63) is 94.0 Å². The second-order valence-corrected chi connectivity index (χ2v) is 12.4. The van der Waals surface area contributed by atoms with Gasteiger partial charge >= 0.3 is 12.3 Å². The van der Waals surface area contributed by atoms with Gasteiger partial charge in [0.25, 0.3) is 5.91 Å². The van der Waals surface area contributed by atoms with Crippen LogP contribution in [-0.2, 0) is 4.79 Å². The summed E-state index contributed by atoms with van der Waals surface area (Å²) in [5.41, 5.74) is 0.778. The first-order chi connectivity index (χ1) is 21.3. The Labute approximate surface area is 265 Å². The standard InChI is InChI=1S/C34H28BrF3N2O5/c1-19-28(24-16-21(35)8-10-26(24)39-29(19)20-6-4-3-5-7-20)30(41)40-33-14-12-32(13-15-33,31(42)43)18-25(33)23-17-22(44-2)9-11-27(23)45-34(36,37)38/h3-11,16-18H,12-15H2,1-2H3,(H,40,41)(H,42,43). The Kier molecular flexibility index (Phi) is 7.63. The summed E-state index contributed by atoms with van der Waals surface area (Å²) in [7, 11) is 1.38. The summed E-state index contributed by atoms with van der Waals surface area (Å²) in [5.74, 6) is -1.79. The number of hydrogen-bond acceptors (Lipinski definition) is 5. The fourth-order valence-electron chi connectivity index (χ4n) is 6.59. The molecule has 2 N–H and O–H groups in total. The van der Waals surface area contributed by atoms with Crippen molar-refractivity contribution < 1.29 is 37.3 Å². The highest BCUT2D eigenvalue weighted by Crippen LogP contribution is 2.56. The van der Waals surface area contributed by atoms with Crippen LogP contribution in [0, 0.1) is 12.3 Å². The number of pyridine rings is 1. The Hall–Kier alpha value is -4.38. The minimum Gasteiger partial charge on any atom is -0.497 e. The van der Waals surface area contributed by atoms with Gasteiger partial charge < -0.3 is 19.9 Å². The van der Waals surface area contributed by atoms with Crippen LogP contribution in [0.4, 0.5) is 13.2 Å². The van der Waals surface area contributed by atoms with Gasteiger partial charge in [0.1, 0.15) is 11.5 Å². The predicted molar refractivity (Wildman–Crippen MR) is 166 cm³/mol. The number of carboxylic acid groups (broad SMARTS) is 1. The van der Waals surface area contributed by atoms with Crippen LogP contribution in [0.5, 0.6) is 11.5 Å². The quantitative estimate of drug-likeness (QED) is 0.205. The predicted octanol–water partition coefficient (Wildman–Crippen LogP) is 8.09. The number of nitrogens with one attached hydrogen (secondary N) is 1.